The van der Waals surface area contributed by atoms with E-state index in [-0.39, 0.29) is 12.4 Å². The highest BCUT2D eigenvalue weighted by Crippen LogP contribution is 2.16. The normalized spacial score (nSPS) is 10.2. The lowest BCUT2D eigenvalue weighted by Gasteiger charge is -1.99. The number of unbranched alkanes of at least 4 members (excludes halogenated alkanes) is 2. The maximum atomic E-state index is 5.59. The number of nitrogens with zero attached hydrogens (tertiary/aromatic N) is 2. The second kappa shape index (κ2) is 8.67. The van der Waals surface area contributed by atoms with Crippen molar-refractivity contribution in [1.29, 1.82) is 0 Å². The van der Waals surface area contributed by atoms with Gasteiger partial charge in [-0.3, -0.25) is 0 Å². The largest absolute Gasteiger partial charge is 0.419 e. The van der Waals surface area contributed by atoms with Crippen molar-refractivity contribution in [2.24, 2.45) is 0 Å². The molecular formula is C14H20ClN3O. The molecule has 0 unspecified atom stereocenters. The topological polar surface area (TPSA) is 51.0 Å². The molecule has 0 saturated carbocycles. The number of hydrogen-bond donors (Lipinski definition) is 1. The van der Waals surface area contributed by atoms with E-state index in [9.17, 15) is 0 Å². The zero-order chi connectivity index (χ0) is 12.6. The molecule has 1 N–H and O–H groups in total. The number of benzene rings is 1. The molecule has 19 heavy (non-hydrogen) atoms. The summed E-state index contributed by atoms with van der Waals surface area (Å²) in [7, 11) is 0. The van der Waals surface area contributed by atoms with Crippen molar-refractivity contribution < 1.29 is 4.42 Å². The summed E-state index contributed by atoms with van der Waals surface area (Å²) in [5.41, 5.74) is 0.960. The molecule has 4 nitrogen and oxygen atoms in total. The Balaban J connectivity index is 0.00000180. The van der Waals surface area contributed by atoms with Crippen LogP contribution in [0.4, 0.5) is 0 Å². The molecule has 0 radical (unpaired) electrons. The fraction of sp³-hybridized carbons (Fsp3) is 0.429. The molecule has 1 heterocycles. The van der Waals surface area contributed by atoms with Crippen molar-refractivity contribution in [1.82, 2.24) is 15.5 Å². The van der Waals surface area contributed by atoms with Crippen molar-refractivity contribution in [2.75, 3.05) is 6.54 Å². The molecule has 5 heteroatoms. The maximum Gasteiger partial charge on any atom is 0.247 e. The first kappa shape index (κ1) is 15.7. The lowest BCUT2D eigenvalue weighted by molar-refractivity contribution is 0.473. The molecule has 0 fully saturated rings. The third-order valence-electron chi connectivity index (χ3n) is 2.72. The van der Waals surface area contributed by atoms with E-state index in [1.54, 1.807) is 0 Å². The van der Waals surface area contributed by atoms with Gasteiger partial charge in [0.1, 0.15) is 0 Å². The van der Waals surface area contributed by atoms with Gasteiger partial charge >= 0.3 is 0 Å². The number of halogens is 1. The lowest BCUT2D eigenvalue weighted by Crippen LogP contribution is -2.14. The minimum absolute atomic E-state index is 0. The number of rotatable bonds is 7. The molecule has 0 aliphatic heterocycles. The number of nitrogens with one attached hydrogen (secondary N) is 1. The van der Waals surface area contributed by atoms with Crippen LogP contribution in [-0.4, -0.2) is 16.7 Å². The van der Waals surface area contributed by atoms with Crippen LogP contribution >= 0.6 is 12.4 Å². The van der Waals surface area contributed by atoms with Gasteiger partial charge in [-0.2, -0.15) is 0 Å². The Labute approximate surface area is 120 Å². The van der Waals surface area contributed by atoms with Crippen molar-refractivity contribution in [3.05, 3.63) is 36.2 Å². The van der Waals surface area contributed by atoms with E-state index < -0.39 is 0 Å². The molecule has 0 amide bonds. The summed E-state index contributed by atoms with van der Waals surface area (Å²) in [5.74, 6) is 1.23. The minimum Gasteiger partial charge on any atom is -0.419 e. The first-order chi connectivity index (χ1) is 8.90. The smallest absolute Gasteiger partial charge is 0.247 e. The standard InChI is InChI=1S/C14H19N3O.ClH/c1-2-3-7-10-15-11-13-16-17-14(18-13)12-8-5-4-6-9-12;/h4-6,8-9,15H,2-3,7,10-11H2,1H3;1H. The van der Waals surface area contributed by atoms with E-state index >= 15 is 0 Å². The molecule has 0 spiro atoms. The van der Waals surface area contributed by atoms with Gasteiger partial charge in [0.25, 0.3) is 0 Å². The highest BCUT2D eigenvalue weighted by atomic mass is 35.5. The third-order valence-corrected chi connectivity index (χ3v) is 2.72. The van der Waals surface area contributed by atoms with Crippen LogP contribution in [0, 0.1) is 0 Å². The van der Waals surface area contributed by atoms with E-state index in [2.05, 4.69) is 22.4 Å². The Kier molecular flexibility index (Phi) is 7.15. The van der Waals surface area contributed by atoms with Gasteiger partial charge in [0.05, 0.1) is 6.54 Å². The average Bonchev–Trinajstić information content (AvgIpc) is 2.88. The van der Waals surface area contributed by atoms with E-state index in [0.717, 1.165) is 12.1 Å². The van der Waals surface area contributed by atoms with Crippen LogP contribution in [-0.2, 0) is 6.54 Å². The van der Waals surface area contributed by atoms with Crippen molar-refractivity contribution in [3.8, 4) is 11.5 Å². The van der Waals surface area contributed by atoms with Gasteiger partial charge in [-0.15, -0.1) is 22.6 Å². The van der Waals surface area contributed by atoms with Gasteiger partial charge in [0.15, 0.2) is 0 Å². The molecule has 1 aromatic heterocycles. The summed E-state index contributed by atoms with van der Waals surface area (Å²) >= 11 is 0. The van der Waals surface area contributed by atoms with Crippen LogP contribution < -0.4 is 5.32 Å². The molecule has 104 valence electrons. The number of aromatic nitrogens is 2. The molecule has 0 atom stereocenters. The quantitative estimate of drug-likeness (QED) is 0.790. The van der Waals surface area contributed by atoms with Crippen LogP contribution in [0.15, 0.2) is 34.7 Å². The van der Waals surface area contributed by atoms with Crippen molar-refractivity contribution in [2.45, 2.75) is 32.7 Å². The Hall–Kier alpha value is -1.39. The summed E-state index contributed by atoms with van der Waals surface area (Å²) < 4.78 is 5.59. The second-order valence-corrected chi connectivity index (χ2v) is 4.25. The Morgan fingerprint density at radius 3 is 2.63 bits per heavy atom. The van der Waals surface area contributed by atoms with E-state index in [4.69, 9.17) is 4.42 Å². The van der Waals surface area contributed by atoms with Gasteiger partial charge in [-0.25, -0.2) is 0 Å². The van der Waals surface area contributed by atoms with Crippen LogP contribution in [0.25, 0.3) is 11.5 Å². The summed E-state index contributed by atoms with van der Waals surface area (Å²) in [6, 6.07) is 9.82. The molecule has 2 rings (SSSR count). The summed E-state index contributed by atoms with van der Waals surface area (Å²) in [6.07, 6.45) is 3.68. The van der Waals surface area contributed by atoms with Crippen LogP contribution in [0.3, 0.4) is 0 Å². The molecule has 0 bridgehead atoms. The second-order valence-electron chi connectivity index (χ2n) is 4.25. The minimum atomic E-state index is 0. The van der Waals surface area contributed by atoms with E-state index in [1.807, 2.05) is 30.3 Å². The highest BCUT2D eigenvalue weighted by molar-refractivity contribution is 5.85. The first-order valence-electron chi connectivity index (χ1n) is 6.48. The zero-order valence-corrected chi connectivity index (χ0v) is 11.9. The maximum absolute atomic E-state index is 5.59. The van der Waals surface area contributed by atoms with Crippen LogP contribution in [0.2, 0.25) is 0 Å². The molecule has 0 saturated heterocycles. The molecule has 2 aromatic rings. The Morgan fingerprint density at radius 1 is 1.11 bits per heavy atom. The van der Waals surface area contributed by atoms with Gasteiger partial charge in [0.2, 0.25) is 11.8 Å². The van der Waals surface area contributed by atoms with Gasteiger partial charge in [0, 0.05) is 5.56 Å². The van der Waals surface area contributed by atoms with Gasteiger partial charge in [-0.05, 0) is 25.1 Å². The highest BCUT2D eigenvalue weighted by Gasteiger charge is 2.06. The predicted molar refractivity (Wildman–Crippen MR) is 78.2 cm³/mol. The van der Waals surface area contributed by atoms with Crippen LogP contribution in [0.1, 0.15) is 32.1 Å². The Morgan fingerprint density at radius 2 is 1.89 bits per heavy atom. The van der Waals surface area contributed by atoms with Crippen LogP contribution in [0.5, 0.6) is 0 Å². The summed E-state index contributed by atoms with van der Waals surface area (Å²) in [6.45, 7) is 3.84. The molecule has 1 aromatic carbocycles. The van der Waals surface area contributed by atoms with Gasteiger partial charge in [-0.1, -0.05) is 38.0 Å². The molecular weight excluding hydrogens is 262 g/mol. The monoisotopic (exact) mass is 281 g/mol. The fourth-order valence-corrected chi connectivity index (χ4v) is 1.72. The average molecular weight is 282 g/mol. The third kappa shape index (κ3) is 5.01. The Bertz CT molecular complexity index is 459. The van der Waals surface area contributed by atoms with Gasteiger partial charge < -0.3 is 9.73 Å². The molecule has 0 aliphatic carbocycles. The fourth-order valence-electron chi connectivity index (χ4n) is 1.72. The number of hydrogen-bond acceptors (Lipinski definition) is 4. The molecule has 0 aliphatic rings. The summed E-state index contributed by atoms with van der Waals surface area (Å²) in [5, 5.41) is 11.4. The lowest BCUT2D eigenvalue weighted by atomic mass is 10.2. The summed E-state index contributed by atoms with van der Waals surface area (Å²) in [4.78, 5) is 0. The SMILES string of the molecule is CCCCCNCc1nnc(-c2ccccc2)o1.Cl. The predicted octanol–water partition coefficient (Wildman–Crippen LogP) is 3.44. The van der Waals surface area contributed by atoms with E-state index in [0.29, 0.717) is 18.3 Å². The van der Waals surface area contributed by atoms with Crippen molar-refractivity contribution in [3.63, 3.8) is 0 Å². The first-order valence-corrected chi connectivity index (χ1v) is 6.48. The van der Waals surface area contributed by atoms with E-state index in [1.165, 1.54) is 19.3 Å². The zero-order valence-electron chi connectivity index (χ0n) is 11.1. The van der Waals surface area contributed by atoms with Crippen molar-refractivity contribution >= 4 is 12.4 Å².